The molecule has 6 aromatic rings. The van der Waals surface area contributed by atoms with Gasteiger partial charge in [0.15, 0.2) is 0 Å². The minimum atomic E-state index is -1.33. The number of rotatable bonds is 7. The van der Waals surface area contributed by atoms with Gasteiger partial charge in [0.2, 0.25) is 5.78 Å². The lowest BCUT2D eigenvalue weighted by molar-refractivity contribution is 0.144. The minimum Gasteiger partial charge on any atom is -0.449 e. The zero-order valence-corrected chi connectivity index (χ0v) is 21.7. The lowest BCUT2D eigenvalue weighted by atomic mass is 10.0. The largest absolute Gasteiger partial charge is 0.511 e. The van der Waals surface area contributed by atoms with Gasteiger partial charge in [-0.25, -0.2) is 19.7 Å². The molecule has 0 saturated heterocycles. The maximum Gasteiger partial charge on any atom is 0.511 e. The van der Waals surface area contributed by atoms with Crippen molar-refractivity contribution < 1.29 is 14.6 Å². The third-order valence-corrected chi connectivity index (χ3v) is 6.82. The van der Waals surface area contributed by atoms with Gasteiger partial charge in [-0.05, 0) is 54.3 Å². The average Bonchev–Trinajstić information content (AvgIpc) is 3.52. The van der Waals surface area contributed by atoms with Gasteiger partial charge in [0.25, 0.3) is 0 Å². The van der Waals surface area contributed by atoms with E-state index >= 15 is 0 Å². The number of carboxylic acid groups (broad SMARTS) is 1. The van der Waals surface area contributed by atoms with E-state index in [9.17, 15) is 4.79 Å². The predicted octanol–water partition coefficient (Wildman–Crippen LogP) is 6.78. The number of hydrogen-bond donors (Lipinski definition) is 1. The topological polar surface area (TPSA) is 94.5 Å². The van der Waals surface area contributed by atoms with E-state index in [4.69, 9.17) is 19.8 Å². The Labute approximate surface area is 225 Å². The second kappa shape index (κ2) is 10.1. The number of imidazole rings is 2. The summed E-state index contributed by atoms with van der Waals surface area (Å²) in [6.45, 7) is 4.92. The summed E-state index contributed by atoms with van der Waals surface area (Å²) in [7, 11) is 0. The fourth-order valence-electron chi connectivity index (χ4n) is 5.01. The van der Waals surface area contributed by atoms with Crippen molar-refractivity contribution in [3.63, 3.8) is 0 Å². The standard InChI is InChI=1S/C31H27N5O3/c1-3-7-28-34-29-20(2)16-23(25-19-35-15-6-14-32-30(35)33-25)17-26(29)36(28)18-21-10-12-22(13-11-21)24-8-4-5-9-27(24)39-31(37)38/h4-6,8-17,19H,3,7,18H2,1-2H3,(H,37,38). The van der Waals surface area contributed by atoms with Crippen molar-refractivity contribution in [2.24, 2.45) is 0 Å². The highest BCUT2D eigenvalue weighted by Gasteiger charge is 2.16. The predicted molar refractivity (Wildman–Crippen MR) is 150 cm³/mol. The fraction of sp³-hybridized carbons (Fsp3) is 0.161. The molecule has 3 aromatic heterocycles. The van der Waals surface area contributed by atoms with Crippen LogP contribution in [0.15, 0.2) is 85.3 Å². The fourth-order valence-corrected chi connectivity index (χ4v) is 5.01. The second-order valence-electron chi connectivity index (χ2n) is 9.54. The monoisotopic (exact) mass is 517 g/mol. The van der Waals surface area contributed by atoms with E-state index in [-0.39, 0.29) is 0 Å². The normalized spacial score (nSPS) is 11.3. The summed E-state index contributed by atoms with van der Waals surface area (Å²) in [5.74, 6) is 2.03. The highest BCUT2D eigenvalue weighted by atomic mass is 16.7. The van der Waals surface area contributed by atoms with E-state index < -0.39 is 6.16 Å². The number of aromatic nitrogens is 5. The molecule has 1 N–H and O–H groups in total. The van der Waals surface area contributed by atoms with E-state index in [1.165, 1.54) is 0 Å². The number of fused-ring (bicyclic) bond motifs is 2. The molecule has 8 heteroatoms. The molecule has 3 heterocycles. The van der Waals surface area contributed by atoms with Gasteiger partial charge in [-0.15, -0.1) is 0 Å². The smallest absolute Gasteiger partial charge is 0.449 e. The summed E-state index contributed by atoms with van der Waals surface area (Å²) in [5, 5.41) is 9.09. The van der Waals surface area contributed by atoms with Gasteiger partial charge in [0.05, 0.1) is 16.7 Å². The number of ether oxygens (including phenoxy) is 1. The molecule has 194 valence electrons. The van der Waals surface area contributed by atoms with E-state index in [0.717, 1.165) is 63.2 Å². The Morgan fingerprint density at radius 2 is 1.82 bits per heavy atom. The summed E-state index contributed by atoms with van der Waals surface area (Å²) in [4.78, 5) is 25.2. The highest BCUT2D eigenvalue weighted by molar-refractivity contribution is 5.85. The maximum absolute atomic E-state index is 11.1. The van der Waals surface area contributed by atoms with Gasteiger partial charge in [-0.3, -0.25) is 4.40 Å². The summed E-state index contributed by atoms with van der Waals surface area (Å²) >= 11 is 0. The van der Waals surface area contributed by atoms with Crippen molar-refractivity contribution in [3.05, 3.63) is 102 Å². The molecule has 0 atom stereocenters. The van der Waals surface area contributed by atoms with E-state index in [2.05, 4.69) is 47.7 Å². The van der Waals surface area contributed by atoms with Crippen LogP contribution >= 0.6 is 0 Å². The lowest BCUT2D eigenvalue weighted by Crippen LogP contribution is -2.05. The van der Waals surface area contributed by atoms with Crippen LogP contribution in [0.5, 0.6) is 5.75 Å². The lowest BCUT2D eigenvalue weighted by Gasteiger charge is -2.12. The molecule has 0 amide bonds. The summed E-state index contributed by atoms with van der Waals surface area (Å²) in [6.07, 6.45) is 6.23. The summed E-state index contributed by atoms with van der Waals surface area (Å²) in [6, 6.07) is 21.5. The number of benzene rings is 3. The Hall–Kier alpha value is -4.98. The van der Waals surface area contributed by atoms with Crippen LogP contribution in [0.2, 0.25) is 0 Å². The van der Waals surface area contributed by atoms with Crippen molar-refractivity contribution in [2.45, 2.75) is 33.2 Å². The van der Waals surface area contributed by atoms with Crippen LogP contribution in [0, 0.1) is 6.92 Å². The molecule has 0 aliphatic carbocycles. The van der Waals surface area contributed by atoms with Gasteiger partial charge >= 0.3 is 6.16 Å². The summed E-state index contributed by atoms with van der Waals surface area (Å²) < 4.78 is 9.20. The first-order valence-corrected chi connectivity index (χ1v) is 12.9. The van der Waals surface area contributed by atoms with Crippen LogP contribution in [0.3, 0.4) is 0 Å². The number of para-hydroxylation sites is 1. The van der Waals surface area contributed by atoms with E-state index in [1.54, 1.807) is 18.3 Å². The molecule has 0 fully saturated rings. The molecule has 6 rings (SSSR count). The van der Waals surface area contributed by atoms with Gasteiger partial charge in [-0.1, -0.05) is 49.4 Å². The molecule has 0 bridgehead atoms. The van der Waals surface area contributed by atoms with Crippen molar-refractivity contribution in [1.82, 2.24) is 23.9 Å². The number of carbonyl (C=O) groups is 1. The third-order valence-electron chi connectivity index (χ3n) is 6.82. The minimum absolute atomic E-state index is 0.314. The Morgan fingerprint density at radius 3 is 2.59 bits per heavy atom. The Morgan fingerprint density at radius 1 is 1.00 bits per heavy atom. The zero-order chi connectivity index (χ0) is 26.9. The Balaban J connectivity index is 1.38. The highest BCUT2D eigenvalue weighted by Crippen LogP contribution is 2.32. The first kappa shape index (κ1) is 24.4. The van der Waals surface area contributed by atoms with Gasteiger partial charge in [0.1, 0.15) is 11.6 Å². The molecule has 0 aliphatic rings. The molecule has 0 unspecified atom stereocenters. The first-order chi connectivity index (χ1) is 19.0. The van der Waals surface area contributed by atoms with Gasteiger partial charge in [0, 0.05) is 42.7 Å². The quantitative estimate of drug-likeness (QED) is 0.185. The summed E-state index contributed by atoms with van der Waals surface area (Å²) in [5.41, 5.74) is 7.81. The first-order valence-electron chi connectivity index (χ1n) is 12.9. The van der Waals surface area contributed by atoms with Crippen LogP contribution in [-0.4, -0.2) is 35.2 Å². The Bertz CT molecular complexity index is 1790. The number of nitrogens with zero attached hydrogens (tertiary/aromatic N) is 5. The molecule has 0 spiro atoms. The molecule has 8 nitrogen and oxygen atoms in total. The third kappa shape index (κ3) is 4.72. The number of hydrogen-bond acceptors (Lipinski definition) is 5. The molecule has 0 saturated carbocycles. The van der Waals surface area contributed by atoms with Crippen molar-refractivity contribution >= 4 is 23.0 Å². The van der Waals surface area contributed by atoms with Crippen LogP contribution in [0.1, 0.15) is 30.3 Å². The van der Waals surface area contributed by atoms with Crippen molar-refractivity contribution in [2.75, 3.05) is 0 Å². The molecular formula is C31H27N5O3. The Kier molecular flexibility index (Phi) is 6.28. The molecule has 0 aliphatic heterocycles. The van der Waals surface area contributed by atoms with Gasteiger partial charge < -0.3 is 14.4 Å². The van der Waals surface area contributed by atoms with E-state index in [0.29, 0.717) is 18.1 Å². The van der Waals surface area contributed by atoms with Crippen LogP contribution in [-0.2, 0) is 13.0 Å². The van der Waals surface area contributed by atoms with Crippen molar-refractivity contribution in [1.29, 1.82) is 0 Å². The van der Waals surface area contributed by atoms with E-state index in [1.807, 2.05) is 47.1 Å². The zero-order valence-electron chi connectivity index (χ0n) is 21.7. The second-order valence-corrected chi connectivity index (χ2v) is 9.54. The maximum atomic E-state index is 11.1. The van der Waals surface area contributed by atoms with Crippen LogP contribution in [0.25, 0.3) is 39.2 Å². The molecule has 0 radical (unpaired) electrons. The molecule has 3 aromatic carbocycles. The van der Waals surface area contributed by atoms with Crippen LogP contribution in [0.4, 0.5) is 4.79 Å². The SMILES string of the molecule is CCCc1nc2c(C)cc(-c3cn4cccnc4n3)cc2n1Cc1ccc(-c2ccccc2OC(=O)O)cc1. The van der Waals surface area contributed by atoms with Crippen molar-refractivity contribution in [3.8, 4) is 28.1 Å². The molecule has 39 heavy (non-hydrogen) atoms. The number of aryl methyl sites for hydroxylation is 2. The van der Waals surface area contributed by atoms with Gasteiger partial charge in [-0.2, -0.15) is 0 Å². The average molecular weight is 518 g/mol. The molecular weight excluding hydrogens is 490 g/mol. The van der Waals surface area contributed by atoms with Crippen LogP contribution < -0.4 is 4.74 Å².